The van der Waals surface area contributed by atoms with Crippen molar-refractivity contribution < 1.29 is 29.5 Å². The molecule has 37 heavy (non-hydrogen) atoms. The molecule has 0 radical (unpaired) electrons. The standard InChI is InChI=1S/C19H22N10O6S2/c20-18(21)23-2-4-28-3-1-7(14(28)31)5-8-6-36-16-10(15(32)29(16)11(8)17(33)34)24-13(30)9(26-35)12-25-19(22)37-27-12/h5,10,16,35H,1-4,6H2,(H,24,30)(H,33,34)(H4,20,21,23)(H2,22,25,27)/b7-5?,26-9-/t10-,16-/m1/s1. The molecule has 0 unspecified atom stereocenters. The van der Waals surface area contributed by atoms with E-state index in [9.17, 15) is 29.5 Å². The van der Waals surface area contributed by atoms with Crippen LogP contribution in [0.1, 0.15) is 12.2 Å². The number of carboxylic acid groups (broad SMARTS) is 1. The van der Waals surface area contributed by atoms with E-state index in [1.54, 1.807) is 4.90 Å². The van der Waals surface area contributed by atoms with E-state index >= 15 is 0 Å². The monoisotopic (exact) mass is 550 g/mol. The second kappa shape index (κ2) is 10.4. The van der Waals surface area contributed by atoms with E-state index in [0.717, 1.165) is 16.4 Å². The van der Waals surface area contributed by atoms with E-state index in [0.29, 0.717) is 30.7 Å². The van der Waals surface area contributed by atoms with Crippen LogP contribution in [0, 0.1) is 0 Å². The number of nitrogens with zero attached hydrogens (tertiary/aromatic N) is 6. The van der Waals surface area contributed by atoms with Gasteiger partial charge in [-0.1, -0.05) is 5.16 Å². The molecule has 1 aromatic rings. The number of carboxylic acids is 1. The number of amides is 3. The zero-order chi connectivity index (χ0) is 26.9. The van der Waals surface area contributed by atoms with Gasteiger partial charge in [0.25, 0.3) is 11.8 Å². The number of thioether (sulfide) groups is 1. The summed E-state index contributed by atoms with van der Waals surface area (Å²) in [5, 5.41) is 23.8. The summed E-state index contributed by atoms with van der Waals surface area (Å²) in [7, 11) is 0. The Labute approximate surface area is 217 Å². The third kappa shape index (κ3) is 5.05. The second-order valence-electron chi connectivity index (χ2n) is 7.96. The van der Waals surface area contributed by atoms with Crippen LogP contribution in [0.3, 0.4) is 0 Å². The lowest BCUT2D eigenvalue weighted by Gasteiger charge is -2.49. The SMILES string of the molecule is NC(N)=NCCN1CCC(=CC2=C(C(=O)O)N3C(=O)[C@@H](NC(=O)/C(=N\O)c4nsc(N)n4)[C@H]3SC2)C1=O. The number of allylic oxidation sites excluding steroid dienone is 1. The van der Waals surface area contributed by atoms with E-state index in [1.165, 1.54) is 17.8 Å². The molecule has 16 nitrogen and oxygen atoms in total. The molecule has 3 aliphatic rings. The number of carbonyl (C=O) groups excluding carboxylic acids is 3. The lowest BCUT2D eigenvalue weighted by atomic mass is 10.0. The lowest BCUT2D eigenvalue weighted by Crippen LogP contribution is -2.71. The van der Waals surface area contributed by atoms with Gasteiger partial charge in [-0.2, -0.15) is 9.36 Å². The number of likely N-dealkylation sites (tertiary alicyclic amines) is 1. The van der Waals surface area contributed by atoms with Crippen LogP contribution in [0.25, 0.3) is 0 Å². The Balaban J connectivity index is 1.49. The van der Waals surface area contributed by atoms with Gasteiger partial charge in [-0.15, -0.1) is 11.8 Å². The van der Waals surface area contributed by atoms with Crippen molar-refractivity contribution in [3.63, 3.8) is 0 Å². The molecular formula is C19H22N10O6S2. The fraction of sp³-hybridized carbons (Fsp3) is 0.368. The number of rotatable bonds is 8. The third-order valence-corrected chi connectivity index (χ3v) is 7.53. The number of guanidine groups is 1. The fourth-order valence-electron chi connectivity index (χ4n) is 4.01. The quantitative estimate of drug-likeness (QED) is 0.0489. The predicted molar refractivity (Wildman–Crippen MR) is 132 cm³/mol. The Morgan fingerprint density at radius 1 is 1.30 bits per heavy atom. The van der Waals surface area contributed by atoms with Crippen LogP contribution in [0.5, 0.6) is 0 Å². The topological polar surface area (TPSA) is 256 Å². The molecule has 3 aliphatic heterocycles. The zero-order valence-corrected chi connectivity index (χ0v) is 20.7. The minimum Gasteiger partial charge on any atom is -0.477 e. The fourth-order valence-corrected chi connectivity index (χ4v) is 5.75. The van der Waals surface area contributed by atoms with Gasteiger partial charge in [0.2, 0.25) is 17.4 Å². The molecule has 1 aromatic heterocycles. The summed E-state index contributed by atoms with van der Waals surface area (Å²) in [5.41, 5.74) is 16.0. The van der Waals surface area contributed by atoms with Gasteiger partial charge in [0.1, 0.15) is 17.1 Å². The molecule has 2 atom stereocenters. The number of aliphatic carboxylic acids is 1. The first-order valence-electron chi connectivity index (χ1n) is 10.7. The molecule has 2 fully saturated rings. The number of hydrogen-bond donors (Lipinski definition) is 6. The maximum atomic E-state index is 12.9. The molecule has 0 saturated carbocycles. The van der Waals surface area contributed by atoms with Crippen LogP contribution in [-0.2, 0) is 19.2 Å². The Morgan fingerprint density at radius 2 is 2.05 bits per heavy atom. The highest BCUT2D eigenvalue weighted by atomic mass is 32.2. The molecule has 18 heteroatoms. The van der Waals surface area contributed by atoms with E-state index in [2.05, 4.69) is 24.8 Å². The second-order valence-corrected chi connectivity index (χ2v) is 9.85. The molecular weight excluding hydrogens is 528 g/mol. The molecule has 9 N–H and O–H groups in total. The Kier molecular flexibility index (Phi) is 7.30. The minimum absolute atomic E-state index is 0.0493. The van der Waals surface area contributed by atoms with Crippen LogP contribution in [-0.4, -0.2) is 102 Å². The number of nitrogens with one attached hydrogen (secondary N) is 1. The van der Waals surface area contributed by atoms with Gasteiger partial charge in [0.15, 0.2) is 11.1 Å². The number of nitrogens with two attached hydrogens (primary N) is 3. The minimum atomic E-state index is -1.34. The first-order valence-corrected chi connectivity index (χ1v) is 12.5. The zero-order valence-electron chi connectivity index (χ0n) is 19.0. The van der Waals surface area contributed by atoms with E-state index in [-0.39, 0.29) is 40.8 Å². The normalized spacial score (nSPS) is 22.7. The molecule has 2 saturated heterocycles. The van der Waals surface area contributed by atoms with Crippen molar-refractivity contribution in [1.82, 2.24) is 24.5 Å². The first-order chi connectivity index (χ1) is 17.6. The lowest BCUT2D eigenvalue weighted by molar-refractivity contribution is -0.150. The first kappa shape index (κ1) is 25.9. The van der Waals surface area contributed by atoms with Crippen molar-refractivity contribution in [2.24, 2.45) is 21.6 Å². The van der Waals surface area contributed by atoms with Crippen molar-refractivity contribution >= 4 is 63.8 Å². The highest BCUT2D eigenvalue weighted by Crippen LogP contribution is 2.41. The van der Waals surface area contributed by atoms with Gasteiger partial charge >= 0.3 is 5.97 Å². The Morgan fingerprint density at radius 3 is 2.68 bits per heavy atom. The van der Waals surface area contributed by atoms with Crippen molar-refractivity contribution in [3.05, 3.63) is 28.7 Å². The summed E-state index contributed by atoms with van der Waals surface area (Å²) < 4.78 is 3.80. The van der Waals surface area contributed by atoms with E-state index in [1.807, 2.05) is 0 Å². The third-order valence-electron chi connectivity index (χ3n) is 5.68. The van der Waals surface area contributed by atoms with Gasteiger partial charge in [-0.25, -0.2) is 4.79 Å². The van der Waals surface area contributed by atoms with Gasteiger partial charge in [-0.3, -0.25) is 24.3 Å². The van der Waals surface area contributed by atoms with Gasteiger partial charge in [-0.05, 0) is 18.1 Å². The summed E-state index contributed by atoms with van der Waals surface area (Å²) in [4.78, 5) is 60.6. The van der Waals surface area contributed by atoms with Crippen LogP contribution < -0.4 is 22.5 Å². The van der Waals surface area contributed by atoms with E-state index < -0.39 is 34.9 Å². The Hall–Kier alpha value is -4.19. The number of anilines is 1. The maximum Gasteiger partial charge on any atom is 0.352 e. The number of nitrogen functional groups attached to an aromatic ring is 1. The molecule has 0 bridgehead atoms. The molecule has 196 valence electrons. The summed E-state index contributed by atoms with van der Waals surface area (Å²) in [6.07, 6.45) is 1.90. The van der Waals surface area contributed by atoms with Crippen molar-refractivity contribution in [2.45, 2.75) is 17.8 Å². The summed E-state index contributed by atoms with van der Waals surface area (Å²) in [6, 6.07) is -1.08. The molecule has 4 rings (SSSR count). The molecule has 0 spiro atoms. The summed E-state index contributed by atoms with van der Waals surface area (Å²) >= 11 is 2.01. The highest BCUT2D eigenvalue weighted by molar-refractivity contribution is 8.00. The average molecular weight is 551 g/mol. The number of β-lactam (4-membered cyclic amide) rings is 1. The largest absolute Gasteiger partial charge is 0.477 e. The summed E-state index contributed by atoms with van der Waals surface area (Å²) in [6.45, 7) is 0.983. The van der Waals surface area contributed by atoms with Gasteiger partial charge in [0.05, 0.1) is 6.54 Å². The van der Waals surface area contributed by atoms with Gasteiger partial charge < -0.3 is 37.7 Å². The number of fused-ring (bicyclic) bond motifs is 1. The van der Waals surface area contributed by atoms with Gasteiger partial charge in [0, 0.05) is 35.9 Å². The number of oxime groups is 1. The van der Waals surface area contributed by atoms with Crippen LogP contribution in [0.2, 0.25) is 0 Å². The van der Waals surface area contributed by atoms with Crippen molar-refractivity contribution in [2.75, 3.05) is 31.1 Å². The smallest absolute Gasteiger partial charge is 0.352 e. The predicted octanol–water partition coefficient (Wildman–Crippen LogP) is -2.53. The molecule has 3 amide bonds. The average Bonchev–Trinajstić information content (AvgIpc) is 3.42. The molecule has 0 aromatic carbocycles. The van der Waals surface area contributed by atoms with Crippen molar-refractivity contribution in [1.29, 1.82) is 0 Å². The van der Waals surface area contributed by atoms with Crippen molar-refractivity contribution in [3.8, 4) is 0 Å². The maximum absolute atomic E-state index is 12.9. The molecule has 0 aliphatic carbocycles. The van der Waals surface area contributed by atoms with Crippen LogP contribution >= 0.6 is 23.3 Å². The Bertz CT molecular complexity index is 1280. The number of hydrogen-bond acceptors (Lipinski definition) is 12. The summed E-state index contributed by atoms with van der Waals surface area (Å²) in [5.74, 6) is -3.31. The number of aliphatic imine (C=N–C) groups is 1. The number of carbonyl (C=O) groups is 4. The van der Waals surface area contributed by atoms with Crippen LogP contribution in [0.4, 0.5) is 5.13 Å². The highest BCUT2D eigenvalue weighted by Gasteiger charge is 2.54. The van der Waals surface area contributed by atoms with E-state index in [4.69, 9.17) is 17.2 Å². The van der Waals surface area contributed by atoms with Crippen LogP contribution in [0.15, 0.2) is 33.1 Å². The number of aromatic nitrogens is 2. The molecule has 4 heterocycles.